The number of hydrogen-bond donors (Lipinski definition) is 1. The van der Waals surface area contributed by atoms with Crippen molar-refractivity contribution < 1.29 is 4.74 Å². The Morgan fingerprint density at radius 3 is 2.93 bits per heavy atom. The van der Waals surface area contributed by atoms with Crippen LogP contribution < -0.4 is 9.46 Å². The van der Waals surface area contributed by atoms with Crippen molar-refractivity contribution in [2.24, 2.45) is 4.99 Å². The molecule has 1 heterocycles. The number of nitrogens with zero attached hydrogens (tertiary/aromatic N) is 1. The van der Waals surface area contributed by atoms with Gasteiger partial charge in [-0.15, -0.1) is 0 Å². The monoisotopic (exact) mass is 326 g/mol. The minimum Gasteiger partial charge on any atom is -0.493 e. The molecule has 3 nitrogen and oxygen atoms in total. The van der Waals surface area contributed by atoms with Gasteiger partial charge in [0.05, 0.1) is 17.0 Å². The Bertz CT molecular complexity index is 453. The third-order valence-electron chi connectivity index (χ3n) is 1.77. The fourth-order valence-electron chi connectivity index (χ4n) is 1.16. The Morgan fingerprint density at radius 1 is 1.53 bits per heavy atom. The van der Waals surface area contributed by atoms with E-state index in [9.17, 15) is 0 Å². The molecule has 0 amide bonds. The van der Waals surface area contributed by atoms with E-state index in [2.05, 4.69) is 25.6 Å². The number of rotatable bonds is 1. The summed E-state index contributed by atoms with van der Waals surface area (Å²) >= 11 is 16.6. The lowest BCUT2D eigenvalue weighted by Gasteiger charge is -2.17. The van der Waals surface area contributed by atoms with Crippen LogP contribution in [0.4, 0.5) is 5.69 Å². The molecule has 1 aliphatic rings. The molecular weight excluding hydrogens is 323 g/mol. The van der Waals surface area contributed by atoms with Crippen molar-refractivity contribution in [1.29, 1.82) is 0 Å². The number of hydrogen-bond acceptors (Lipinski definition) is 4. The van der Waals surface area contributed by atoms with E-state index in [1.54, 1.807) is 6.07 Å². The number of benzene rings is 1. The van der Waals surface area contributed by atoms with Crippen molar-refractivity contribution in [1.82, 2.24) is 4.72 Å². The number of fused-ring (bicyclic) bond motifs is 1. The van der Waals surface area contributed by atoms with Gasteiger partial charge < -0.3 is 9.46 Å². The first-order valence-electron chi connectivity index (χ1n) is 3.86. The zero-order valence-electron chi connectivity index (χ0n) is 7.47. The van der Waals surface area contributed by atoms with Crippen LogP contribution in [0.15, 0.2) is 16.0 Å². The molecule has 1 N–H and O–H groups in total. The van der Waals surface area contributed by atoms with Crippen LogP contribution >= 0.6 is 51.1 Å². The van der Waals surface area contributed by atoms with Crippen LogP contribution in [-0.2, 0) is 0 Å². The van der Waals surface area contributed by atoms with Crippen LogP contribution in [0.25, 0.3) is 0 Å². The first-order valence-corrected chi connectivity index (χ1v) is 6.23. The Morgan fingerprint density at radius 2 is 2.27 bits per heavy atom. The molecule has 2 rings (SSSR count). The van der Waals surface area contributed by atoms with Crippen molar-refractivity contribution in [2.45, 2.75) is 4.90 Å². The molecule has 0 atom stereocenters. The topological polar surface area (TPSA) is 33.6 Å². The van der Waals surface area contributed by atoms with E-state index in [0.717, 1.165) is 4.90 Å². The normalized spacial score (nSPS) is 14.0. The predicted molar refractivity (Wildman–Crippen MR) is 68.0 cm³/mol. The van der Waals surface area contributed by atoms with Crippen molar-refractivity contribution in [3.63, 3.8) is 0 Å². The Hall–Kier alpha value is -0.100. The molecule has 0 fully saturated rings. The number of ether oxygens (including phenoxy) is 1. The smallest absolute Gasteiger partial charge is 0.181 e. The van der Waals surface area contributed by atoms with Gasteiger partial charge in [-0.3, -0.25) is 0 Å². The Balaban J connectivity index is 2.68. The number of amidine groups is 1. The summed E-state index contributed by atoms with van der Waals surface area (Å²) in [6, 6.07) is 1.75. The van der Waals surface area contributed by atoms with Gasteiger partial charge in [0.2, 0.25) is 0 Å². The minimum atomic E-state index is 0.379. The van der Waals surface area contributed by atoms with Gasteiger partial charge in [0, 0.05) is 0 Å². The maximum atomic E-state index is 6.01. The molecule has 0 aliphatic carbocycles. The average molecular weight is 328 g/mol. The number of aliphatic imine (C=N–C) groups is 1. The average Bonchev–Trinajstić information content (AvgIpc) is 2.21. The third-order valence-corrected chi connectivity index (χ3v) is 4.01. The summed E-state index contributed by atoms with van der Waals surface area (Å²) in [5.41, 5.74) is 0.683. The van der Waals surface area contributed by atoms with Gasteiger partial charge in [-0.25, -0.2) is 4.99 Å². The van der Waals surface area contributed by atoms with E-state index in [1.807, 2.05) is 0 Å². The van der Waals surface area contributed by atoms with Crippen molar-refractivity contribution in [3.8, 4) is 5.75 Å². The zero-order chi connectivity index (χ0) is 11.0. The molecule has 0 bridgehead atoms. The van der Waals surface area contributed by atoms with Crippen LogP contribution in [0.5, 0.6) is 5.75 Å². The number of nitrogens with one attached hydrogen (secondary N) is 1. The van der Waals surface area contributed by atoms with Gasteiger partial charge in [-0.05, 0) is 33.9 Å². The quantitative estimate of drug-likeness (QED) is 0.625. The largest absolute Gasteiger partial charge is 0.493 e. The standard InChI is InChI=1S/C8H5BrCl2N2OS/c1-14-7-5(11)3(10)2-4-6(7)12-8(9)13-15-4/h2H,1H3,(H,12,13). The first kappa shape index (κ1) is 11.4. The van der Waals surface area contributed by atoms with Crippen LogP contribution in [-0.4, -0.2) is 11.9 Å². The highest BCUT2D eigenvalue weighted by Gasteiger charge is 2.20. The highest BCUT2D eigenvalue weighted by atomic mass is 79.9. The molecule has 15 heavy (non-hydrogen) atoms. The molecule has 0 spiro atoms. The lowest BCUT2D eigenvalue weighted by atomic mass is 10.3. The van der Waals surface area contributed by atoms with Gasteiger partial charge in [0.15, 0.2) is 10.5 Å². The summed E-state index contributed by atoms with van der Waals surface area (Å²) in [5.74, 6) is 0.491. The maximum Gasteiger partial charge on any atom is 0.181 e. The second-order valence-corrected chi connectivity index (χ2v) is 5.04. The molecule has 7 heteroatoms. The van der Waals surface area contributed by atoms with Crippen LogP contribution in [0.1, 0.15) is 0 Å². The van der Waals surface area contributed by atoms with Gasteiger partial charge in [0.1, 0.15) is 10.7 Å². The number of halogens is 3. The second-order valence-electron chi connectivity index (χ2n) is 2.66. The molecule has 0 aromatic heterocycles. The van der Waals surface area contributed by atoms with Crippen LogP contribution in [0.3, 0.4) is 0 Å². The summed E-state index contributed by atoms with van der Waals surface area (Å²) in [6.07, 6.45) is 0. The lowest BCUT2D eigenvalue weighted by molar-refractivity contribution is 0.415. The molecule has 0 saturated heterocycles. The predicted octanol–water partition coefficient (Wildman–Crippen LogP) is 3.99. The van der Waals surface area contributed by atoms with E-state index in [1.165, 1.54) is 19.1 Å². The van der Waals surface area contributed by atoms with Gasteiger partial charge in [-0.1, -0.05) is 23.2 Å². The van der Waals surface area contributed by atoms with E-state index >= 15 is 0 Å². The second kappa shape index (κ2) is 4.41. The molecule has 80 valence electrons. The summed E-state index contributed by atoms with van der Waals surface area (Å²) in [6.45, 7) is 0. The fourth-order valence-corrected chi connectivity index (χ4v) is 2.71. The highest BCUT2D eigenvalue weighted by molar-refractivity contribution is 9.18. The van der Waals surface area contributed by atoms with Gasteiger partial charge in [0.25, 0.3) is 0 Å². The minimum absolute atomic E-state index is 0.379. The molecule has 0 radical (unpaired) electrons. The molecule has 1 aromatic rings. The molecule has 0 saturated carbocycles. The molecule has 1 aromatic carbocycles. The highest BCUT2D eigenvalue weighted by Crippen LogP contribution is 2.47. The molecule has 0 unspecified atom stereocenters. The Kier molecular flexibility index (Phi) is 3.35. The SMILES string of the molecule is COc1c(Cl)c(Cl)cc2c1N=C(Br)NS2. The third kappa shape index (κ3) is 2.06. The van der Waals surface area contributed by atoms with Gasteiger partial charge in [-0.2, -0.15) is 0 Å². The Labute approximate surface area is 109 Å². The molecule has 1 aliphatic heterocycles. The van der Waals surface area contributed by atoms with E-state index in [4.69, 9.17) is 27.9 Å². The van der Waals surface area contributed by atoms with E-state index in [-0.39, 0.29) is 0 Å². The summed E-state index contributed by atoms with van der Waals surface area (Å²) in [7, 11) is 1.54. The lowest BCUT2D eigenvalue weighted by Crippen LogP contribution is -2.11. The fraction of sp³-hybridized carbons (Fsp3) is 0.125. The van der Waals surface area contributed by atoms with Gasteiger partial charge >= 0.3 is 0 Å². The van der Waals surface area contributed by atoms with E-state index < -0.39 is 0 Å². The number of methoxy groups -OCH3 is 1. The summed E-state index contributed by atoms with van der Waals surface area (Å²) in [4.78, 5) is 5.13. The summed E-state index contributed by atoms with van der Waals surface area (Å²) in [5, 5.41) is 0.833. The van der Waals surface area contributed by atoms with Crippen molar-refractivity contribution in [2.75, 3.05) is 7.11 Å². The van der Waals surface area contributed by atoms with Crippen LogP contribution in [0.2, 0.25) is 10.0 Å². The molecular formula is C8H5BrCl2N2OS. The van der Waals surface area contributed by atoms with Crippen LogP contribution in [0, 0.1) is 0 Å². The van der Waals surface area contributed by atoms with E-state index in [0.29, 0.717) is 26.2 Å². The maximum absolute atomic E-state index is 6.01. The van der Waals surface area contributed by atoms with Crippen molar-refractivity contribution >= 4 is 61.5 Å². The zero-order valence-corrected chi connectivity index (χ0v) is 11.4. The first-order chi connectivity index (χ1) is 7.13. The summed E-state index contributed by atoms with van der Waals surface area (Å²) < 4.78 is 8.77. The van der Waals surface area contributed by atoms with Crippen molar-refractivity contribution in [3.05, 3.63) is 16.1 Å².